The number of rotatable bonds is 4. The summed E-state index contributed by atoms with van der Waals surface area (Å²) in [6.45, 7) is 2.29. The van der Waals surface area contributed by atoms with Crippen LogP contribution in [-0.4, -0.2) is 38.5 Å². The number of methoxy groups -OCH3 is 1. The Balaban J connectivity index is 1.98. The number of aromatic nitrogens is 1. The molecular weight excluding hydrogens is 362 g/mol. The minimum absolute atomic E-state index is 0.328. The standard InChI is InChI=1S/C21H21NO4S/c1-14-20(11-12-26-14)27(23,24)21-17-5-3-4-6-19(17)22-13-18(21)15-7-9-16(25-2)10-8-15/h3-10,13-14,20H,11-12H2,1-2H3. The Morgan fingerprint density at radius 2 is 1.85 bits per heavy atom. The topological polar surface area (TPSA) is 65.5 Å². The summed E-state index contributed by atoms with van der Waals surface area (Å²) in [5, 5.41) is 0.0882. The molecule has 1 saturated heterocycles. The molecule has 1 aromatic heterocycles. The van der Waals surface area contributed by atoms with Crippen LogP contribution in [0.4, 0.5) is 0 Å². The van der Waals surface area contributed by atoms with E-state index in [9.17, 15) is 8.42 Å². The van der Waals surface area contributed by atoms with Crippen molar-refractivity contribution in [1.82, 2.24) is 4.98 Å². The van der Waals surface area contributed by atoms with Crippen molar-refractivity contribution in [3.63, 3.8) is 0 Å². The van der Waals surface area contributed by atoms with E-state index < -0.39 is 15.1 Å². The van der Waals surface area contributed by atoms with Gasteiger partial charge in [-0.15, -0.1) is 0 Å². The van der Waals surface area contributed by atoms with Crippen molar-refractivity contribution in [1.29, 1.82) is 0 Å². The third-order valence-corrected chi connectivity index (χ3v) is 7.54. The van der Waals surface area contributed by atoms with E-state index in [1.54, 1.807) is 13.3 Å². The van der Waals surface area contributed by atoms with Crippen LogP contribution in [0.2, 0.25) is 0 Å². The molecule has 2 heterocycles. The van der Waals surface area contributed by atoms with E-state index in [4.69, 9.17) is 9.47 Å². The first kappa shape index (κ1) is 17.9. The zero-order valence-electron chi connectivity index (χ0n) is 15.3. The highest BCUT2D eigenvalue weighted by atomic mass is 32.2. The summed E-state index contributed by atoms with van der Waals surface area (Å²) in [4.78, 5) is 4.83. The predicted molar refractivity (Wildman–Crippen MR) is 105 cm³/mol. The van der Waals surface area contributed by atoms with Gasteiger partial charge in [0.05, 0.1) is 28.9 Å². The van der Waals surface area contributed by atoms with Crippen molar-refractivity contribution in [3.05, 3.63) is 54.7 Å². The molecule has 6 heteroatoms. The van der Waals surface area contributed by atoms with Crippen LogP contribution in [0.25, 0.3) is 22.0 Å². The number of hydrogen-bond donors (Lipinski definition) is 0. The number of benzene rings is 2. The van der Waals surface area contributed by atoms with Gasteiger partial charge in [0.2, 0.25) is 0 Å². The smallest absolute Gasteiger partial charge is 0.185 e. The molecule has 2 unspecified atom stereocenters. The third-order valence-electron chi connectivity index (χ3n) is 5.12. The second kappa shape index (κ2) is 6.94. The fourth-order valence-electron chi connectivity index (χ4n) is 3.67. The molecule has 0 spiro atoms. The Kier molecular flexibility index (Phi) is 4.61. The highest BCUT2D eigenvalue weighted by Crippen LogP contribution is 2.38. The second-order valence-corrected chi connectivity index (χ2v) is 8.80. The molecule has 0 bridgehead atoms. The molecule has 1 aliphatic heterocycles. The number of sulfone groups is 1. The number of fused-ring (bicyclic) bond motifs is 1. The maximum Gasteiger partial charge on any atom is 0.185 e. The monoisotopic (exact) mass is 383 g/mol. The van der Waals surface area contributed by atoms with E-state index in [0.717, 1.165) is 11.3 Å². The molecule has 2 aromatic carbocycles. The van der Waals surface area contributed by atoms with Crippen molar-refractivity contribution < 1.29 is 17.9 Å². The van der Waals surface area contributed by atoms with E-state index in [1.165, 1.54) is 0 Å². The Morgan fingerprint density at radius 3 is 2.52 bits per heavy atom. The highest BCUT2D eigenvalue weighted by molar-refractivity contribution is 7.92. The molecule has 0 amide bonds. The van der Waals surface area contributed by atoms with Crippen LogP contribution in [0.1, 0.15) is 13.3 Å². The summed E-state index contributed by atoms with van der Waals surface area (Å²) in [5.41, 5.74) is 2.06. The summed E-state index contributed by atoms with van der Waals surface area (Å²) in [6, 6.07) is 14.7. The number of hydrogen-bond acceptors (Lipinski definition) is 5. The lowest BCUT2D eigenvalue weighted by Gasteiger charge is -2.19. The van der Waals surface area contributed by atoms with Gasteiger partial charge in [-0.05, 0) is 37.1 Å². The summed E-state index contributed by atoms with van der Waals surface area (Å²) < 4.78 is 38.1. The zero-order valence-corrected chi connectivity index (χ0v) is 16.1. The Labute approximate surface area is 158 Å². The average molecular weight is 383 g/mol. The Hall–Kier alpha value is -2.44. The summed E-state index contributed by atoms with van der Waals surface area (Å²) in [7, 11) is -2.00. The maximum absolute atomic E-state index is 13.6. The van der Waals surface area contributed by atoms with Crippen molar-refractivity contribution in [2.45, 2.75) is 29.6 Å². The van der Waals surface area contributed by atoms with Gasteiger partial charge in [0.1, 0.15) is 5.75 Å². The second-order valence-electron chi connectivity index (χ2n) is 6.69. The van der Waals surface area contributed by atoms with E-state index >= 15 is 0 Å². The molecule has 1 fully saturated rings. The molecule has 4 rings (SSSR count). The lowest BCUT2D eigenvalue weighted by molar-refractivity contribution is 0.126. The van der Waals surface area contributed by atoms with Gasteiger partial charge in [-0.25, -0.2) is 8.42 Å². The molecule has 27 heavy (non-hydrogen) atoms. The number of ether oxygens (including phenoxy) is 2. The van der Waals surface area contributed by atoms with Gasteiger partial charge in [-0.2, -0.15) is 0 Å². The Morgan fingerprint density at radius 1 is 1.11 bits per heavy atom. The number of para-hydroxylation sites is 1. The summed E-state index contributed by atoms with van der Waals surface area (Å²) >= 11 is 0. The molecule has 3 aromatic rings. The highest BCUT2D eigenvalue weighted by Gasteiger charge is 2.39. The van der Waals surface area contributed by atoms with E-state index in [-0.39, 0.29) is 6.10 Å². The molecule has 0 N–H and O–H groups in total. The van der Waals surface area contributed by atoms with Crippen LogP contribution in [0.3, 0.4) is 0 Å². The average Bonchev–Trinajstić information content (AvgIpc) is 3.14. The first-order chi connectivity index (χ1) is 13.0. The van der Waals surface area contributed by atoms with Gasteiger partial charge in [-0.1, -0.05) is 30.3 Å². The van der Waals surface area contributed by atoms with Gasteiger partial charge in [-0.3, -0.25) is 4.98 Å². The third kappa shape index (κ3) is 3.09. The molecule has 1 aliphatic rings. The van der Waals surface area contributed by atoms with Gasteiger partial charge in [0.25, 0.3) is 0 Å². The zero-order chi connectivity index (χ0) is 19.0. The summed E-state index contributed by atoms with van der Waals surface area (Å²) in [6.07, 6.45) is 1.82. The van der Waals surface area contributed by atoms with E-state index in [2.05, 4.69) is 4.98 Å². The molecule has 0 radical (unpaired) electrons. The quantitative estimate of drug-likeness (QED) is 0.684. The largest absolute Gasteiger partial charge is 0.497 e. The van der Waals surface area contributed by atoms with Crippen molar-refractivity contribution >= 4 is 20.7 Å². The fourth-order valence-corrected chi connectivity index (χ4v) is 5.92. The first-order valence-corrected chi connectivity index (χ1v) is 10.4. The van der Waals surface area contributed by atoms with Crippen LogP contribution in [0.5, 0.6) is 5.75 Å². The predicted octanol–water partition coefficient (Wildman–Crippen LogP) is 3.86. The van der Waals surface area contributed by atoms with Crippen LogP contribution >= 0.6 is 0 Å². The molecular formula is C21H21NO4S. The van der Waals surface area contributed by atoms with E-state index in [1.807, 2.05) is 55.5 Å². The molecule has 0 saturated carbocycles. The minimum Gasteiger partial charge on any atom is -0.497 e. The number of nitrogens with zero attached hydrogens (tertiary/aromatic N) is 1. The minimum atomic E-state index is -3.61. The Bertz CT molecular complexity index is 1080. The molecule has 5 nitrogen and oxygen atoms in total. The van der Waals surface area contributed by atoms with Crippen LogP contribution < -0.4 is 4.74 Å². The summed E-state index contributed by atoms with van der Waals surface area (Å²) in [5.74, 6) is 0.717. The fraction of sp³-hybridized carbons (Fsp3) is 0.286. The van der Waals surface area contributed by atoms with Gasteiger partial charge >= 0.3 is 0 Å². The van der Waals surface area contributed by atoms with Gasteiger partial charge in [0.15, 0.2) is 9.84 Å². The van der Waals surface area contributed by atoms with Crippen LogP contribution in [0.15, 0.2) is 59.6 Å². The van der Waals surface area contributed by atoms with Crippen LogP contribution in [-0.2, 0) is 14.6 Å². The maximum atomic E-state index is 13.6. The van der Waals surface area contributed by atoms with Crippen LogP contribution in [0, 0.1) is 0 Å². The molecule has 0 aliphatic carbocycles. The lowest BCUT2D eigenvalue weighted by atomic mass is 10.1. The molecule has 2 atom stereocenters. The van der Waals surface area contributed by atoms with Gasteiger partial charge in [0, 0.05) is 23.8 Å². The van der Waals surface area contributed by atoms with Crippen molar-refractivity contribution in [3.8, 4) is 16.9 Å². The number of pyridine rings is 1. The van der Waals surface area contributed by atoms with Crippen molar-refractivity contribution in [2.75, 3.05) is 13.7 Å². The van der Waals surface area contributed by atoms with Gasteiger partial charge < -0.3 is 9.47 Å². The normalized spacial score (nSPS) is 20.1. The lowest BCUT2D eigenvalue weighted by Crippen LogP contribution is -2.28. The molecule has 140 valence electrons. The SMILES string of the molecule is COc1ccc(-c2cnc3ccccc3c2S(=O)(=O)C2CCOC2C)cc1. The van der Waals surface area contributed by atoms with Crippen molar-refractivity contribution in [2.24, 2.45) is 0 Å². The van der Waals surface area contributed by atoms with E-state index in [0.29, 0.717) is 34.4 Å². The first-order valence-electron chi connectivity index (χ1n) is 8.90.